The number of piperazine rings is 1. The molecular formula is C20H33Br2N3O. The van der Waals surface area contributed by atoms with E-state index in [4.69, 9.17) is 10.5 Å². The number of nitrogens with zero attached hydrogens (tertiary/aromatic N) is 2. The van der Waals surface area contributed by atoms with Gasteiger partial charge in [0, 0.05) is 42.5 Å². The molecule has 2 N–H and O–H groups in total. The summed E-state index contributed by atoms with van der Waals surface area (Å²) < 4.78 is 5.70. The fourth-order valence-electron chi connectivity index (χ4n) is 3.30. The molecule has 1 saturated heterocycles. The van der Waals surface area contributed by atoms with Crippen LogP contribution in [-0.2, 0) is 6.42 Å². The number of unbranched alkanes of at least 4 members (excludes halogenated alkanes) is 1. The minimum atomic E-state index is 0.817. The number of hydrogen-bond donors (Lipinski definition) is 1. The second-order valence-corrected chi connectivity index (χ2v) is 8.39. The first-order valence-electron chi connectivity index (χ1n) is 9.83. The van der Waals surface area contributed by atoms with Gasteiger partial charge in [-0.25, -0.2) is 0 Å². The molecular weight excluding hydrogens is 458 g/mol. The minimum Gasteiger partial charge on any atom is -0.493 e. The molecule has 0 spiro atoms. The van der Waals surface area contributed by atoms with Crippen molar-refractivity contribution in [3.8, 4) is 5.75 Å². The van der Waals surface area contributed by atoms with E-state index in [0.29, 0.717) is 0 Å². The highest BCUT2D eigenvalue weighted by atomic mass is 79.9. The summed E-state index contributed by atoms with van der Waals surface area (Å²) in [7, 11) is 0. The standard InChI is InChI=1S/C17H27N3O.C3H6Br2/c18-7-1-2-8-19-9-11-20(12-10-19)16-5-6-17-15(14-16)4-3-13-21-17;4-2-1-3-5/h5-6,14H,1-4,7-13,18H2;1-3H2. The number of benzene rings is 1. The molecule has 0 radical (unpaired) electrons. The molecule has 1 fully saturated rings. The summed E-state index contributed by atoms with van der Waals surface area (Å²) in [6.07, 6.45) is 5.89. The average Bonchev–Trinajstić information content (AvgIpc) is 2.69. The van der Waals surface area contributed by atoms with Crippen LogP contribution in [0.25, 0.3) is 0 Å². The van der Waals surface area contributed by atoms with Crippen molar-refractivity contribution < 1.29 is 4.74 Å². The topological polar surface area (TPSA) is 41.7 Å². The van der Waals surface area contributed by atoms with E-state index >= 15 is 0 Å². The molecule has 2 heterocycles. The maximum absolute atomic E-state index is 5.70. The first-order valence-corrected chi connectivity index (χ1v) is 12.1. The van der Waals surface area contributed by atoms with Gasteiger partial charge in [0.05, 0.1) is 6.61 Å². The fourth-order valence-corrected chi connectivity index (χ4v) is 4.62. The van der Waals surface area contributed by atoms with Gasteiger partial charge in [0.15, 0.2) is 0 Å². The van der Waals surface area contributed by atoms with Crippen molar-refractivity contribution in [2.45, 2.75) is 32.1 Å². The maximum Gasteiger partial charge on any atom is 0.122 e. The van der Waals surface area contributed by atoms with E-state index in [9.17, 15) is 0 Å². The molecule has 0 atom stereocenters. The zero-order valence-electron chi connectivity index (χ0n) is 15.8. The number of hydrogen-bond acceptors (Lipinski definition) is 4. The molecule has 0 unspecified atom stereocenters. The van der Waals surface area contributed by atoms with Gasteiger partial charge >= 0.3 is 0 Å². The quantitative estimate of drug-likeness (QED) is 0.462. The second kappa shape index (κ2) is 13.0. The Bertz CT molecular complexity index is 506. The second-order valence-electron chi connectivity index (χ2n) is 6.80. The highest BCUT2D eigenvalue weighted by Crippen LogP contribution is 2.29. The molecule has 6 heteroatoms. The third-order valence-electron chi connectivity index (χ3n) is 4.83. The van der Waals surface area contributed by atoms with E-state index < -0.39 is 0 Å². The van der Waals surface area contributed by atoms with Crippen LogP contribution in [0.1, 0.15) is 31.2 Å². The smallest absolute Gasteiger partial charge is 0.122 e. The molecule has 0 aliphatic carbocycles. The summed E-state index contributed by atoms with van der Waals surface area (Å²) in [6, 6.07) is 6.70. The van der Waals surface area contributed by atoms with Crippen molar-refractivity contribution in [2.75, 3.05) is 61.4 Å². The van der Waals surface area contributed by atoms with Crippen LogP contribution in [0.2, 0.25) is 0 Å². The van der Waals surface area contributed by atoms with E-state index in [0.717, 1.165) is 75.0 Å². The summed E-state index contributed by atoms with van der Waals surface area (Å²) in [5.41, 5.74) is 8.30. The van der Waals surface area contributed by atoms with Gasteiger partial charge in [0.1, 0.15) is 5.75 Å². The Hall–Kier alpha value is -0.300. The number of alkyl halides is 2. The van der Waals surface area contributed by atoms with Crippen molar-refractivity contribution >= 4 is 37.5 Å². The third-order valence-corrected chi connectivity index (χ3v) is 5.95. The zero-order valence-corrected chi connectivity index (χ0v) is 18.9. The van der Waals surface area contributed by atoms with E-state index in [2.05, 4.69) is 59.9 Å². The normalized spacial score (nSPS) is 17.1. The average molecular weight is 491 g/mol. The fraction of sp³-hybridized carbons (Fsp3) is 0.700. The monoisotopic (exact) mass is 489 g/mol. The lowest BCUT2D eigenvalue weighted by molar-refractivity contribution is 0.253. The number of rotatable bonds is 7. The number of anilines is 1. The molecule has 0 amide bonds. The van der Waals surface area contributed by atoms with Gasteiger partial charge < -0.3 is 15.4 Å². The Balaban J connectivity index is 0.000000431. The molecule has 2 aliphatic rings. The lowest BCUT2D eigenvalue weighted by atomic mass is 10.0. The molecule has 148 valence electrons. The van der Waals surface area contributed by atoms with E-state index in [-0.39, 0.29) is 0 Å². The summed E-state index contributed by atoms with van der Waals surface area (Å²) in [5, 5.41) is 2.22. The van der Waals surface area contributed by atoms with Gasteiger partial charge in [-0.15, -0.1) is 0 Å². The third kappa shape index (κ3) is 7.37. The number of aryl methyl sites for hydroxylation is 1. The Morgan fingerprint density at radius 2 is 1.77 bits per heavy atom. The van der Waals surface area contributed by atoms with Gasteiger partial charge in [-0.2, -0.15) is 0 Å². The predicted octanol–water partition coefficient (Wildman–Crippen LogP) is 4.04. The summed E-state index contributed by atoms with van der Waals surface area (Å²) in [6.45, 7) is 7.47. The Morgan fingerprint density at radius 3 is 2.42 bits per heavy atom. The molecule has 26 heavy (non-hydrogen) atoms. The molecule has 1 aromatic rings. The van der Waals surface area contributed by atoms with Gasteiger partial charge in [-0.3, -0.25) is 4.90 Å². The number of ether oxygens (including phenoxy) is 1. The van der Waals surface area contributed by atoms with Crippen LogP contribution in [0.5, 0.6) is 5.75 Å². The van der Waals surface area contributed by atoms with Crippen LogP contribution >= 0.6 is 31.9 Å². The SMILES string of the molecule is BrCCCBr.NCCCCN1CCN(c2ccc3c(c2)CCCO3)CC1. The lowest BCUT2D eigenvalue weighted by Gasteiger charge is -2.36. The van der Waals surface area contributed by atoms with Gasteiger partial charge in [-0.1, -0.05) is 31.9 Å². The lowest BCUT2D eigenvalue weighted by Crippen LogP contribution is -2.46. The van der Waals surface area contributed by atoms with Crippen molar-refractivity contribution in [2.24, 2.45) is 5.73 Å². The Labute approximate surface area is 175 Å². The maximum atomic E-state index is 5.70. The highest BCUT2D eigenvalue weighted by Gasteiger charge is 2.18. The first-order chi connectivity index (χ1) is 12.8. The molecule has 4 nitrogen and oxygen atoms in total. The highest BCUT2D eigenvalue weighted by molar-refractivity contribution is 9.09. The molecule has 1 aromatic carbocycles. The predicted molar refractivity (Wildman–Crippen MR) is 119 cm³/mol. The first kappa shape index (κ1) is 22.0. The molecule has 0 saturated carbocycles. The van der Waals surface area contributed by atoms with Crippen LogP contribution in [0.15, 0.2) is 18.2 Å². The van der Waals surface area contributed by atoms with E-state index in [1.165, 1.54) is 30.6 Å². The van der Waals surface area contributed by atoms with Crippen LogP contribution in [0.4, 0.5) is 5.69 Å². The molecule has 0 aromatic heterocycles. The largest absolute Gasteiger partial charge is 0.493 e. The van der Waals surface area contributed by atoms with Crippen LogP contribution in [0.3, 0.4) is 0 Å². The zero-order chi connectivity index (χ0) is 18.6. The summed E-state index contributed by atoms with van der Waals surface area (Å²) in [4.78, 5) is 5.07. The van der Waals surface area contributed by atoms with Crippen LogP contribution in [-0.4, -0.2) is 61.4 Å². The van der Waals surface area contributed by atoms with Crippen LogP contribution < -0.4 is 15.4 Å². The van der Waals surface area contributed by atoms with E-state index in [1.807, 2.05) is 0 Å². The Morgan fingerprint density at radius 1 is 1.00 bits per heavy atom. The van der Waals surface area contributed by atoms with Gasteiger partial charge in [-0.05, 0) is 69.0 Å². The summed E-state index contributed by atoms with van der Waals surface area (Å²) >= 11 is 6.56. The number of fused-ring (bicyclic) bond motifs is 1. The van der Waals surface area contributed by atoms with Crippen LogP contribution in [0, 0.1) is 0 Å². The minimum absolute atomic E-state index is 0.817. The number of halogens is 2. The van der Waals surface area contributed by atoms with Crippen molar-refractivity contribution in [3.63, 3.8) is 0 Å². The number of nitrogens with two attached hydrogens (primary N) is 1. The van der Waals surface area contributed by atoms with Crippen molar-refractivity contribution in [3.05, 3.63) is 23.8 Å². The molecule has 3 rings (SSSR count). The van der Waals surface area contributed by atoms with Gasteiger partial charge in [0.25, 0.3) is 0 Å². The van der Waals surface area contributed by atoms with Crippen molar-refractivity contribution in [1.29, 1.82) is 0 Å². The van der Waals surface area contributed by atoms with Crippen molar-refractivity contribution in [1.82, 2.24) is 4.90 Å². The molecule has 2 aliphatic heterocycles. The van der Waals surface area contributed by atoms with Gasteiger partial charge in [0.2, 0.25) is 0 Å². The molecule has 0 bridgehead atoms. The van der Waals surface area contributed by atoms with E-state index in [1.54, 1.807) is 0 Å². The Kier molecular flexibility index (Phi) is 11.0. The summed E-state index contributed by atoms with van der Waals surface area (Å²) in [5.74, 6) is 1.09.